The van der Waals surface area contributed by atoms with Crippen LogP contribution in [-0.4, -0.2) is 51.3 Å². The fraction of sp³-hybridized carbons (Fsp3) is 1.00. The van der Waals surface area contributed by atoms with E-state index in [4.69, 9.17) is 0 Å². The lowest BCUT2D eigenvalue weighted by molar-refractivity contribution is -0.130. The van der Waals surface area contributed by atoms with Crippen molar-refractivity contribution in [2.24, 2.45) is 0 Å². The molecule has 0 aliphatic carbocycles. The Morgan fingerprint density at radius 1 is 1.36 bits per heavy atom. The van der Waals surface area contributed by atoms with Gasteiger partial charge in [-0.1, -0.05) is 15.9 Å². The molecule has 14 heavy (non-hydrogen) atoms. The summed E-state index contributed by atoms with van der Waals surface area (Å²) in [6.07, 6.45) is -4.20. The summed E-state index contributed by atoms with van der Waals surface area (Å²) in [6.45, 7) is 0.927. The van der Waals surface area contributed by atoms with Crippen molar-refractivity contribution in [3.63, 3.8) is 0 Å². The van der Waals surface area contributed by atoms with E-state index in [1.165, 1.54) is 0 Å². The summed E-state index contributed by atoms with van der Waals surface area (Å²) in [7, 11) is -0.835. The smallest absolute Gasteiger partial charge is 0.300 e. The highest BCUT2D eigenvalue weighted by Crippen LogP contribution is 2.27. The van der Waals surface area contributed by atoms with E-state index in [9.17, 15) is 17.4 Å². The number of hydrogen-bond acceptors (Lipinski definition) is 2. The molecule has 1 atom stereocenters. The molecule has 1 aliphatic rings. The summed E-state index contributed by atoms with van der Waals surface area (Å²) in [5.74, 6) is 0.967. The highest BCUT2D eigenvalue weighted by molar-refractivity contribution is 9.09. The fourth-order valence-electron chi connectivity index (χ4n) is 1.19. The van der Waals surface area contributed by atoms with E-state index in [0.29, 0.717) is 24.6 Å². The topological polar surface area (TPSA) is 20.3 Å². The van der Waals surface area contributed by atoms with Gasteiger partial charge in [0.05, 0.1) is 0 Å². The molecule has 0 spiro atoms. The predicted molar refractivity (Wildman–Crippen MR) is 53.1 cm³/mol. The minimum Gasteiger partial charge on any atom is -0.300 e. The van der Waals surface area contributed by atoms with Gasteiger partial charge in [0.1, 0.15) is 4.83 Å². The lowest BCUT2D eigenvalue weighted by Gasteiger charge is -2.28. The molecule has 1 heterocycles. The summed E-state index contributed by atoms with van der Waals surface area (Å²) in [4.78, 5) is 0.204. The van der Waals surface area contributed by atoms with Gasteiger partial charge < -0.3 is 4.90 Å². The van der Waals surface area contributed by atoms with Crippen LogP contribution >= 0.6 is 15.9 Å². The molecule has 1 saturated heterocycles. The van der Waals surface area contributed by atoms with Gasteiger partial charge in [0, 0.05) is 41.9 Å². The van der Waals surface area contributed by atoms with Crippen LogP contribution in [0.3, 0.4) is 0 Å². The first-order valence-corrected chi connectivity index (χ1v) is 6.58. The quantitative estimate of drug-likeness (QED) is 0.717. The SMILES string of the molecule is O=S1CCN(CC(Br)C(F)(F)F)CC1. The van der Waals surface area contributed by atoms with Crippen LogP contribution < -0.4 is 0 Å². The molecule has 1 aliphatic heterocycles. The molecule has 1 rings (SSSR count). The summed E-state index contributed by atoms with van der Waals surface area (Å²) in [5, 5.41) is 0. The summed E-state index contributed by atoms with van der Waals surface area (Å²) < 4.78 is 47.4. The first kappa shape index (κ1) is 12.4. The molecule has 1 fully saturated rings. The Hall–Kier alpha value is 0.380. The first-order chi connectivity index (χ1) is 6.39. The molecule has 0 saturated carbocycles. The second-order valence-electron chi connectivity index (χ2n) is 3.16. The van der Waals surface area contributed by atoms with Crippen LogP contribution in [0.25, 0.3) is 0 Å². The van der Waals surface area contributed by atoms with E-state index in [0.717, 1.165) is 0 Å². The molecule has 1 unspecified atom stereocenters. The largest absolute Gasteiger partial charge is 0.402 e. The number of hydrogen-bond donors (Lipinski definition) is 0. The lowest BCUT2D eigenvalue weighted by atomic mass is 10.3. The van der Waals surface area contributed by atoms with Crippen molar-refractivity contribution in [3.8, 4) is 0 Å². The van der Waals surface area contributed by atoms with Crippen LogP contribution in [-0.2, 0) is 10.8 Å². The third-order valence-corrected chi connectivity index (χ3v) is 4.13. The highest BCUT2D eigenvalue weighted by atomic mass is 79.9. The predicted octanol–water partition coefficient (Wildman–Crippen LogP) is 1.38. The van der Waals surface area contributed by atoms with Crippen molar-refractivity contribution >= 4 is 26.7 Å². The Morgan fingerprint density at radius 2 is 1.86 bits per heavy atom. The van der Waals surface area contributed by atoms with E-state index in [2.05, 4.69) is 15.9 Å². The maximum atomic E-state index is 12.1. The molecule has 0 aromatic heterocycles. The minimum atomic E-state index is -4.20. The van der Waals surface area contributed by atoms with Crippen LogP contribution in [0.4, 0.5) is 13.2 Å². The second-order valence-corrected chi connectivity index (χ2v) is 5.96. The van der Waals surface area contributed by atoms with E-state index in [1.54, 1.807) is 4.90 Å². The minimum absolute atomic E-state index is 0.0549. The molecular formula is C7H11BrF3NOS. The van der Waals surface area contributed by atoms with Crippen LogP contribution in [0.5, 0.6) is 0 Å². The van der Waals surface area contributed by atoms with E-state index in [-0.39, 0.29) is 6.54 Å². The highest BCUT2D eigenvalue weighted by Gasteiger charge is 2.38. The normalized spacial score (nSPS) is 23.7. The molecule has 0 amide bonds. The second kappa shape index (κ2) is 4.94. The summed E-state index contributed by atoms with van der Waals surface area (Å²) in [6, 6.07) is 0. The van der Waals surface area contributed by atoms with Gasteiger partial charge in [-0.2, -0.15) is 13.2 Å². The van der Waals surface area contributed by atoms with E-state index < -0.39 is 21.8 Å². The van der Waals surface area contributed by atoms with Gasteiger partial charge in [-0.15, -0.1) is 0 Å². The Morgan fingerprint density at radius 3 is 2.29 bits per heavy atom. The molecule has 0 aromatic carbocycles. The average molecular weight is 294 g/mol. The van der Waals surface area contributed by atoms with Gasteiger partial charge in [-0.25, -0.2) is 0 Å². The van der Waals surface area contributed by atoms with Crippen molar-refractivity contribution < 1.29 is 17.4 Å². The molecule has 0 aromatic rings. The maximum absolute atomic E-state index is 12.1. The van der Waals surface area contributed by atoms with Crippen molar-refractivity contribution in [3.05, 3.63) is 0 Å². The maximum Gasteiger partial charge on any atom is 0.402 e. The third-order valence-electron chi connectivity index (χ3n) is 2.04. The Balaban J connectivity index is 2.34. The molecule has 0 radical (unpaired) electrons. The third kappa shape index (κ3) is 3.86. The van der Waals surface area contributed by atoms with Gasteiger partial charge in [0.15, 0.2) is 0 Å². The van der Waals surface area contributed by atoms with Gasteiger partial charge >= 0.3 is 6.18 Å². The van der Waals surface area contributed by atoms with Gasteiger partial charge in [-0.05, 0) is 0 Å². The number of rotatable bonds is 2. The standard InChI is InChI=1S/C7H11BrF3NOS/c8-6(7(9,10)11)5-12-1-3-14(13)4-2-12/h6H,1-5H2. The van der Waals surface area contributed by atoms with Crippen molar-refractivity contribution in [1.29, 1.82) is 0 Å². The fourth-order valence-corrected chi connectivity index (χ4v) is 2.73. The van der Waals surface area contributed by atoms with Crippen LogP contribution in [0.2, 0.25) is 0 Å². The Bertz CT molecular complexity index is 213. The van der Waals surface area contributed by atoms with Gasteiger partial charge in [0.2, 0.25) is 0 Å². The molecule has 84 valence electrons. The average Bonchev–Trinajstić information content (AvgIpc) is 2.07. The molecular weight excluding hydrogens is 283 g/mol. The lowest BCUT2D eigenvalue weighted by Crippen LogP contribution is -2.44. The molecule has 2 nitrogen and oxygen atoms in total. The summed E-state index contributed by atoms with van der Waals surface area (Å²) >= 11 is 2.61. The zero-order valence-electron chi connectivity index (χ0n) is 7.39. The van der Waals surface area contributed by atoms with Gasteiger partial charge in [-0.3, -0.25) is 4.21 Å². The number of nitrogens with zero attached hydrogens (tertiary/aromatic N) is 1. The van der Waals surface area contributed by atoms with Crippen molar-refractivity contribution in [2.45, 2.75) is 11.0 Å². The number of halogens is 4. The molecule has 0 N–H and O–H groups in total. The molecule has 7 heteroatoms. The van der Waals surface area contributed by atoms with Crippen molar-refractivity contribution in [1.82, 2.24) is 4.90 Å². The zero-order chi connectivity index (χ0) is 10.8. The summed E-state index contributed by atoms with van der Waals surface area (Å²) in [5.41, 5.74) is 0. The molecule has 0 bridgehead atoms. The van der Waals surface area contributed by atoms with E-state index >= 15 is 0 Å². The van der Waals surface area contributed by atoms with E-state index in [1.807, 2.05) is 0 Å². The number of alkyl halides is 4. The van der Waals surface area contributed by atoms with Crippen molar-refractivity contribution in [2.75, 3.05) is 31.1 Å². The zero-order valence-corrected chi connectivity index (χ0v) is 9.79. The van der Waals surface area contributed by atoms with Crippen LogP contribution in [0, 0.1) is 0 Å². The first-order valence-electron chi connectivity index (χ1n) is 4.17. The van der Waals surface area contributed by atoms with Gasteiger partial charge in [0.25, 0.3) is 0 Å². The van der Waals surface area contributed by atoms with Crippen LogP contribution in [0.15, 0.2) is 0 Å². The van der Waals surface area contributed by atoms with Crippen LogP contribution in [0.1, 0.15) is 0 Å². The Kier molecular flexibility index (Phi) is 4.39. The Labute approximate surface area is 91.4 Å². The monoisotopic (exact) mass is 293 g/mol.